The maximum atomic E-state index is 5.44. The summed E-state index contributed by atoms with van der Waals surface area (Å²) in [4.78, 5) is 9.96. The van der Waals surface area contributed by atoms with Crippen LogP contribution in [-0.2, 0) is 0 Å². The van der Waals surface area contributed by atoms with Crippen LogP contribution in [0.25, 0.3) is 0 Å². The molecule has 0 aromatic heterocycles. The van der Waals surface area contributed by atoms with Crippen molar-refractivity contribution in [2.75, 3.05) is 64.9 Å². The summed E-state index contributed by atoms with van der Waals surface area (Å²) in [6.45, 7) is 11.9. The third-order valence-corrected chi connectivity index (χ3v) is 6.64. The Morgan fingerprint density at radius 2 is 1.61 bits per heavy atom. The molecule has 0 saturated carbocycles. The lowest BCUT2D eigenvalue weighted by Crippen LogP contribution is -2.49. The molecule has 0 aliphatic carbocycles. The Morgan fingerprint density at radius 3 is 2.15 bits per heavy atom. The molecule has 2 saturated heterocycles. The molecule has 0 unspecified atom stereocenters. The highest BCUT2D eigenvalue weighted by Gasteiger charge is 2.22. The average Bonchev–Trinajstić information content (AvgIpc) is 2.84. The van der Waals surface area contributed by atoms with Crippen molar-refractivity contribution in [1.82, 2.24) is 15.5 Å². The quantitative estimate of drug-likeness (QED) is 0.265. The zero-order chi connectivity index (χ0) is 22.8. The number of ether oxygens (including phenoxy) is 2. The monoisotopic (exact) mass is 573 g/mol. The predicted octanol–water partition coefficient (Wildman–Crippen LogP) is 3.97. The van der Waals surface area contributed by atoms with Gasteiger partial charge in [0.15, 0.2) is 5.96 Å². The summed E-state index contributed by atoms with van der Waals surface area (Å²) in [5, 5.41) is 7.15. The third-order valence-electron chi connectivity index (χ3n) is 6.64. The van der Waals surface area contributed by atoms with Crippen molar-refractivity contribution < 1.29 is 9.47 Å². The van der Waals surface area contributed by atoms with E-state index in [4.69, 9.17) is 14.5 Å². The molecule has 0 bridgehead atoms. The number of rotatable bonds is 9. The Bertz CT molecular complexity index is 694. The molecule has 2 aliphatic heterocycles. The molecule has 0 radical (unpaired) electrons. The fourth-order valence-corrected chi connectivity index (χ4v) is 4.70. The van der Waals surface area contributed by atoms with Crippen LogP contribution in [0.2, 0.25) is 0 Å². The minimum absolute atomic E-state index is 0. The molecule has 3 rings (SSSR count). The predicted molar refractivity (Wildman–Crippen MR) is 149 cm³/mol. The molecule has 188 valence electrons. The summed E-state index contributed by atoms with van der Waals surface area (Å²) in [5.41, 5.74) is 1.16. The molecule has 7 nitrogen and oxygen atoms in total. The van der Waals surface area contributed by atoms with Gasteiger partial charge in [-0.25, -0.2) is 0 Å². The molecule has 2 N–H and O–H groups in total. The minimum atomic E-state index is 0. The highest BCUT2D eigenvalue weighted by Crippen LogP contribution is 2.30. The van der Waals surface area contributed by atoms with E-state index in [2.05, 4.69) is 46.4 Å². The number of hydrogen-bond donors (Lipinski definition) is 2. The van der Waals surface area contributed by atoms with E-state index in [0.29, 0.717) is 12.0 Å². The average molecular weight is 574 g/mol. The van der Waals surface area contributed by atoms with Gasteiger partial charge in [-0.3, -0.25) is 4.99 Å². The van der Waals surface area contributed by atoms with Crippen molar-refractivity contribution >= 4 is 35.6 Å². The highest BCUT2D eigenvalue weighted by atomic mass is 127. The first-order valence-electron chi connectivity index (χ1n) is 12.4. The normalized spacial score (nSPS) is 18.5. The maximum Gasteiger partial charge on any atom is 0.191 e. The lowest BCUT2D eigenvalue weighted by molar-refractivity contribution is 0.188. The Kier molecular flexibility index (Phi) is 12.4. The summed E-state index contributed by atoms with van der Waals surface area (Å²) >= 11 is 0. The number of likely N-dealkylation sites (tertiary alicyclic amines) is 1. The fraction of sp³-hybridized carbons (Fsp3) is 0.720. The number of piperidine rings is 2. The molecular weight excluding hydrogens is 529 g/mol. The van der Waals surface area contributed by atoms with Gasteiger partial charge in [0.05, 0.1) is 14.2 Å². The molecular formula is C25H44IN5O2. The van der Waals surface area contributed by atoms with E-state index in [-0.39, 0.29) is 24.0 Å². The van der Waals surface area contributed by atoms with Gasteiger partial charge < -0.3 is 29.9 Å². The minimum Gasteiger partial charge on any atom is -0.497 e. The number of nitrogens with one attached hydrogen (secondary N) is 2. The fourth-order valence-electron chi connectivity index (χ4n) is 4.70. The Labute approximate surface area is 217 Å². The van der Waals surface area contributed by atoms with Crippen LogP contribution in [0.3, 0.4) is 0 Å². The van der Waals surface area contributed by atoms with E-state index >= 15 is 0 Å². The van der Waals surface area contributed by atoms with E-state index in [9.17, 15) is 0 Å². The van der Waals surface area contributed by atoms with Crippen LogP contribution < -0.4 is 25.0 Å². The van der Waals surface area contributed by atoms with Crippen molar-refractivity contribution in [2.45, 2.75) is 52.0 Å². The number of nitrogens with zero attached hydrogens (tertiary/aromatic N) is 3. The molecule has 1 aromatic rings. The van der Waals surface area contributed by atoms with Gasteiger partial charge >= 0.3 is 0 Å². The third kappa shape index (κ3) is 8.70. The van der Waals surface area contributed by atoms with Gasteiger partial charge in [-0.2, -0.15) is 0 Å². The van der Waals surface area contributed by atoms with Crippen LogP contribution in [0.4, 0.5) is 5.69 Å². The molecule has 2 aliphatic rings. The van der Waals surface area contributed by atoms with E-state index in [0.717, 1.165) is 62.2 Å². The summed E-state index contributed by atoms with van der Waals surface area (Å²) < 4.78 is 10.9. The number of benzene rings is 1. The van der Waals surface area contributed by atoms with Crippen LogP contribution in [0, 0.1) is 5.92 Å². The second kappa shape index (κ2) is 14.8. The van der Waals surface area contributed by atoms with Gasteiger partial charge in [-0.05, 0) is 64.6 Å². The maximum absolute atomic E-state index is 5.44. The summed E-state index contributed by atoms with van der Waals surface area (Å²) in [6, 6.07) is 6.55. The smallest absolute Gasteiger partial charge is 0.191 e. The van der Waals surface area contributed by atoms with E-state index in [1.165, 1.54) is 38.9 Å². The Balaban J connectivity index is 0.00000385. The van der Waals surface area contributed by atoms with Crippen molar-refractivity contribution in [1.29, 1.82) is 0 Å². The van der Waals surface area contributed by atoms with Crippen molar-refractivity contribution in [3.05, 3.63) is 18.2 Å². The van der Waals surface area contributed by atoms with Crippen molar-refractivity contribution in [3.63, 3.8) is 0 Å². The number of methoxy groups -OCH3 is 2. The van der Waals surface area contributed by atoms with Gasteiger partial charge in [0.1, 0.15) is 11.5 Å². The summed E-state index contributed by atoms with van der Waals surface area (Å²) in [5.74, 6) is 3.36. The van der Waals surface area contributed by atoms with Gasteiger partial charge in [0.2, 0.25) is 0 Å². The van der Waals surface area contributed by atoms with Gasteiger partial charge in [-0.15, -0.1) is 24.0 Å². The molecule has 2 heterocycles. The second-order valence-electron chi connectivity index (χ2n) is 8.98. The van der Waals surface area contributed by atoms with Crippen molar-refractivity contribution in [2.24, 2.45) is 10.9 Å². The molecule has 2 fully saturated rings. The number of halogens is 1. The first kappa shape index (κ1) is 27.8. The van der Waals surface area contributed by atoms with Gasteiger partial charge in [0.25, 0.3) is 0 Å². The zero-order valence-electron chi connectivity index (χ0n) is 20.9. The Morgan fingerprint density at radius 1 is 0.970 bits per heavy atom. The van der Waals surface area contributed by atoms with Crippen molar-refractivity contribution in [3.8, 4) is 11.5 Å². The lowest BCUT2D eigenvalue weighted by Gasteiger charge is -2.35. The van der Waals surface area contributed by atoms with E-state index in [1.54, 1.807) is 14.2 Å². The van der Waals surface area contributed by atoms with Gasteiger partial charge in [0, 0.05) is 56.1 Å². The van der Waals surface area contributed by atoms with Gasteiger partial charge in [-0.1, -0.05) is 6.92 Å². The molecule has 33 heavy (non-hydrogen) atoms. The largest absolute Gasteiger partial charge is 0.497 e. The SMILES string of the molecule is CCCN1CCC(CN=C(NCC)NC2CCN(c3cc(OC)cc(OC)c3)CC2)CC1.I. The molecule has 8 heteroatoms. The van der Waals surface area contributed by atoms with Crippen LogP contribution in [0.1, 0.15) is 46.0 Å². The first-order valence-corrected chi connectivity index (χ1v) is 12.4. The van der Waals surface area contributed by atoms with Crippen LogP contribution in [-0.4, -0.2) is 76.9 Å². The summed E-state index contributed by atoms with van der Waals surface area (Å²) in [6.07, 6.45) is 5.96. The lowest BCUT2D eigenvalue weighted by atomic mass is 9.97. The highest BCUT2D eigenvalue weighted by molar-refractivity contribution is 14.0. The molecule has 1 aromatic carbocycles. The molecule has 0 atom stereocenters. The zero-order valence-corrected chi connectivity index (χ0v) is 23.3. The molecule has 0 spiro atoms. The topological polar surface area (TPSA) is 61.4 Å². The Hall–Kier alpha value is -1.42. The number of hydrogen-bond acceptors (Lipinski definition) is 5. The number of guanidine groups is 1. The van der Waals surface area contributed by atoms with E-state index in [1.807, 2.05) is 6.07 Å². The van der Waals surface area contributed by atoms with Crippen LogP contribution in [0.5, 0.6) is 11.5 Å². The second-order valence-corrected chi connectivity index (χ2v) is 8.98. The van der Waals surface area contributed by atoms with Crippen LogP contribution >= 0.6 is 24.0 Å². The van der Waals surface area contributed by atoms with E-state index < -0.39 is 0 Å². The number of aliphatic imine (C=N–C) groups is 1. The summed E-state index contributed by atoms with van der Waals surface area (Å²) in [7, 11) is 3.40. The molecule has 0 amide bonds. The first-order chi connectivity index (χ1) is 15.6. The number of anilines is 1. The standard InChI is InChI=1S/C25H43N5O2.HI/c1-5-11-29-12-7-20(8-13-29)19-27-25(26-6-2)28-21-9-14-30(15-10-21)22-16-23(31-3)18-24(17-22)32-4;/h16-18,20-21H,5-15,19H2,1-4H3,(H2,26,27,28);1H. The van der Waals surface area contributed by atoms with Crippen LogP contribution in [0.15, 0.2) is 23.2 Å².